The van der Waals surface area contributed by atoms with Crippen molar-refractivity contribution in [1.82, 2.24) is 0 Å². The maximum Gasteiger partial charge on any atom is 0.361 e. The van der Waals surface area contributed by atoms with Gasteiger partial charge in [-0.25, -0.2) is 4.79 Å². The second kappa shape index (κ2) is 34.1. The Labute approximate surface area is 306 Å². The molecule has 0 aromatic rings. The Hall–Kier alpha value is -1.97. The molecule has 0 saturated carbocycles. The number of quaternary nitrogens is 1. The van der Waals surface area contributed by atoms with Gasteiger partial charge in [0.25, 0.3) is 6.29 Å². The molecule has 50 heavy (non-hydrogen) atoms. The van der Waals surface area contributed by atoms with E-state index in [0.29, 0.717) is 17.4 Å². The number of rotatable bonds is 37. The summed E-state index contributed by atoms with van der Waals surface area (Å²) in [6.45, 7) is 4.82. The normalized spacial score (nSPS) is 13.1. The Morgan fingerprint density at radius 2 is 1.02 bits per heavy atom. The fraction of sp³-hybridized carbons (Fsp3) is 0.878. The van der Waals surface area contributed by atoms with Gasteiger partial charge in [0, 0.05) is 12.8 Å². The van der Waals surface area contributed by atoms with E-state index in [1.807, 2.05) is 21.1 Å². The van der Waals surface area contributed by atoms with Gasteiger partial charge in [-0.2, -0.15) is 0 Å². The zero-order chi connectivity index (χ0) is 37.1. The second-order valence-electron chi connectivity index (χ2n) is 14.9. The third kappa shape index (κ3) is 34.5. The minimum Gasteiger partial charge on any atom is -0.477 e. The number of carboxylic acids is 1. The number of carboxylic acid groups (broad SMARTS) is 1. The topological polar surface area (TPSA) is 108 Å². The smallest absolute Gasteiger partial charge is 0.361 e. The van der Waals surface area contributed by atoms with Crippen LogP contribution in [0, 0.1) is 0 Å². The molecule has 294 valence electrons. The van der Waals surface area contributed by atoms with Crippen LogP contribution in [0.1, 0.15) is 174 Å². The average molecular weight is 713 g/mol. The Morgan fingerprint density at radius 3 is 1.48 bits per heavy atom. The summed E-state index contributed by atoms with van der Waals surface area (Å²) >= 11 is 0. The van der Waals surface area contributed by atoms with E-state index >= 15 is 0 Å². The monoisotopic (exact) mass is 713 g/mol. The van der Waals surface area contributed by atoms with Gasteiger partial charge in [-0.05, 0) is 38.5 Å². The number of carbonyl (C=O) groups excluding carboxylic acids is 2. The molecule has 2 atom stereocenters. The summed E-state index contributed by atoms with van der Waals surface area (Å²) in [4.78, 5) is 36.8. The lowest BCUT2D eigenvalue weighted by Crippen LogP contribution is -2.40. The minimum atomic E-state index is -1.50. The van der Waals surface area contributed by atoms with Crippen LogP contribution in [-0.2, 0) is 33.3 Å². The fourth-order valence-corrected chi connectivity index (χ4v) is 5.53. The first-order chi connectivity index (χ1) is 24.1. The average Bonchev–Trinajstić information content (AvgIpc) is 3.06. The quantitative estimate of drug-likeness (QED) is 0.0223. The molecule has 0 fully saturated rings. The molecule has 1 N–H and O–H groups in total. The van der Waals surface area contributed by atoms with Crippen LogP contribution in [0.4, 0.5) is 0 Å². The summed E-state index contributed by atoms with van der Waals surface area (Å²) in [5, 5.41) is 9.58. The van der Waals surface area contributed by atoms with E-state index in [4.69, 9.17) is 18.9 Å². The molecule has 0 aliphatic heterocycles. The van der Waals surface area contributed by atoms with Crippen LogP contribution in [0.15, 0.2) is 12.2 Å². The predicted molar refractivity (Wildman–Crippen MR) is 203 cm³/mol. The molecule has 0 spiro atoms. The highest BCUT2D eigenvalue weighted by molar-refractivity contribution is 5.71. The second-order valence-corrected chi connectivity index (χ2v) is 14.9. The van der Waals surface area contributed by atoms with Gasteiger partial charge in [0.15, 0.2) is 6.10 Å². The van der Waals surface area contributed by atoms with Gasteiger partial charge in [-0.3, -0.25) is 9.59 Å². The van der Waals surface area contributed by atoms with Gasteiger partial charge < -0.3 is 28.5 Å². The number of aliphatic carboxylic acids is 1. The fourth-order valence-electron chi connectivity index (χ4n) is 5.53. The molecule has 0 rings (SSSR count). The molecule has 0 saturated heterocycles. The molecule has 0 aromatic heterocycles. The predicted octanol–water partition coefficient (Wildman–Crippen LogP) is 9.94. The number of carbonyl (C=O) groups is 3. The van der Waals surface area contributed by atoms with Crippen molar-refractivity contribution in [3.05, 3.63) is 12.2 Å². The number of nitrogens with zero attached hydrogens (tertiary/aromatic N) is 1. The molecular weight excluding hydrogens is 634 g/mol. The first-order valence-corrected chi connectivity index (χ1v) is 20.4. The van der Waals surface area contributed by atoms with Gasteiger partial charge >= 0.3 is 17.9 Å². The first kappa shape index (κ1) is 48.0. The van der Waals surface area contributed by atoms with Crippen molar-refractivity contribution in [3.8, 4) is 0 Å². The lowest BCUT2D eigenvalue weighted by Gasteiger charge is -2.25. The number of ether oxygens (including phenoxy) is 4. The largest absolute Gasteiger partial charge is 0.477 e. The van der Waals surface area contributed by atoms with E-state index in [9.17, 15) is 19.5 Å². The highest BCUT2D eigenvalue weighted by Gasteiger charge is 2.25. The molecule has 0 aliphatic rings. The lowest BCUT2D eigenvalue weighted by atomic mass is 10.1. The molecule has 0 heterocycles. The molecule has 0 radical (unpaired) electrons. The van der Waals surface area contributed by atoms with Crippen molar-refractivity contribution < 1.29 is 42.9 Å². The van der Waals surface area contributed by atoms with E-state index in [1.54, 1.807) is 0 Å². The Morgan fingerprint density at radius 1 is 0.580 bits per heavy atom. The maximum absolute atomic E-state index is 12.7. The third-order valence-corrected chi connectivity index (χ3v) is 8.77. The van der Waals surface area contributed by atoms with Crippen LogP contribution in [0.25, 0.3) is 0 Å². The molecule has 9 heteroatoms. The summed E-state index contributed by atoms with van der Waals surface area (Å²) in [6.07, 6.45) is 29.9. The number of likely N-dealkylation sites (N-methyl/N-ethyl adjacent to an activating group) is 1. The summed E-state index contributed by atoms with van der Waals surface area (Å²) in [5.74, 6) is -2.01. The van der Waals surface area contributed by atoms with E-state index in [1.165, 1.54) is 96.3 Å². The van der Waals surface area contributed by atoms with Crippen LogP contribution in [0.3, 0.4) is 0 Å². The highest BCUT2D eigenvalue weighted by Crippen LogP contribution is 2.14. The van der Waals surface area contributed by atoms with Crippen LogP contribution in [0.5, 0.6) is 0 Å². The SMILES string of the molecule is CCCCCCCC/C=C\CCCCCCCCCC(=O)OC(COC(=O)CCCCCCCCCC)COC(OCC[N+](C)(C)C)C(=O)O. The van der Waals surface area contributed by atoms with Crippen molar-refractivity contribution in [2.75, 3.05) is 47.5 Å². The molecule has 0 aliphatic carbocycles. The van der Waals surface area contributed by atoms with Crippen molar-refractivity contribution in [3.63, 3.8) is 0 Å². The van der Waals surface area contributed by atoms with Gasteiger partial charge in [0.1, 0.15) is 13.2 Å². The number of hydrogen-bond donors (Lipinski definition) is 1. The van der Waals surface area contributed by atoms with Gasteiger partial charge in [-0.15, -0.1) is 0 Å². The summed E-state index contributed by atoms with van der Waals surface area (Å²) in [6, 6.07) is 0. The van der Waals surface area contributed by atoms with Crippen LogP contribution >= 0.6 is 0 Å². The molecule has 0 amide bonds. The number of allylic oxidation sites excluding steroid dienone is 2. The third-order valence-electron chi connectivity index (χ3n) is 8.77. The van der Waals surface area contributed by atoms with Crippen molar-refractivity contribution in [2.45, 2.75) is 187 Å². The Kier molecular flexibility index (Phi) is 32.8. The molecule has 9 nitrogen and oxygen atoms in total. The van der Waals surface area contributed by atoms with E-state index in [2.05, 4.69) is 26.0 Å². The Bertz CT molecular complexity index is 841. The van der Waals surface area contributed by atoms with Gasteiger partial charge in [-0.1, -0.05) is 135 Å². The lowest BCUT2D eigenvalue weighted by molar-refractivity contribution is -0.870. The molecule has 0 aromatic carbocycles. The van der Waals surface area contributed by atoms with E-state index in [0.717, 1.165) is 51.4 Å². The standard InChI is InChI=1S/C41H77NO8/c1-6-8-10-12-14-16-17-18-19-20-21-22-23-24-26-28-30-32-39(44)50-37(36-49-41(40(45)46)47-34-33-42(3,4)5)35-48-38(43)31-29-27-25-15-13-11-9-7-2/h18-19,37,41H,6-17,20-36H2,1-5H3/p+1/b19-18-. The van der Waals surface area contributed by atoms with Crippen molar-refractivity contribution in [2.24, 2.45) is 0 Å². The summed E-state index contributed by atoms with van der Waals surface area (Å²) in [7, 11) is 5.94. The zero-order valence-electron chi connectivity index (χ0n) is 33.1. The van der Waals surface area contributed by atoms with Gasteiger partial charge in [0.2, 0.25) is 0 Å². The molecule has 2 unspecified atom stereocenters. The minimum absolute atomic E-state index is 0.180. The maximum atomic E-state index is 12.7. The Balaban J connectivity index is 4.43. The van der Waals surface area contributed by atoms with E-state index in [-0.39, 0.29) is 32.2 Å². The highest BCUT2D eigenvalue weighted by atomic mass is 16.7. The zero-order valence-corrected chi connectivity index (χ0v) is 33.1. The van der Waals surface area contributed by atoms with Gasteiger partial charge in [0.05, 0.1) is 34.4 Å². The number of unbranched alkanes of at least 4 members (excludes halogenated alkanes) is 20. The number of hydrogen-bond acceptors (Lipinski definition) is 7. The van der Waals surface area contributed by atoms with Crippen LogP contribution < -0.4 is 0 Å². The summed E-state index contributed by atoms with van der Waals surface area (Å²) < 4.78 is 22.6. The van der Waals surface area contributed by atoms with Crippen LogP contribution in [0.2, 0.25) is 0 Å². The molecule has 0 bridgehead atoms. The van der Waals surface area contributed by atoms with Crippen LogP contribution in [-0.4, -0.2) is 87.4 Å². The molecular formula is C41H78NO8+. The summed E-state index contributed by atoms with van der Waals surface area (Å²) in [5.41, 5.74) is 0. The van der Waals surface area contributed by atoms with Crippen molar-refractivity contribution in [1.29, 1.82) is 0 Å². The first-order valence-electron chi connectivity index (χ1n) is 20.4. The number of esters is 2. The van der Waals surface area contributed by atoms with E-state index < -0.39 is 24.3 Å². The van der Waals surface area contributed by atoms with Crippen molar-refractivity contribution >= 4 is 17.9 Å².